The zero-order chi connectivity index (χ0) is 16.9. The average molecular weight is 317 g/mol. The summed E-state index contributed by atoms with van der Waals surface area (Å²) in [4.78, 5) is 17.1. The van der Waals surface area contributed by atoms with E-state index in [1.54, 1.807) is 6.92 Å². The number of carbonyl (C=O) groups is 1. The molecule has 0 saturated heterocycles. The molecule has 120 valence electrons. The second kappa shape index (κ2) is 7.09. The Hall–Kier alpha value is -2.94. The monoisotopic (exact) mass is 317 g/mol. The highest BCUT2D eigenvalue weighted by Crippen LogP contribution is 2.30. The first-order chi connectivity index (χ1) is 11.7. The lowest BCUT2D eigenvalue weighted by molar-refractivity contribution is 0.0526. The predicted molar refractivity (Wildman–Crippen MR) is 95.8 cm³/mol. The van der Waals surface area contributed by atoms with Gasteiger partial charge in [0.25, 0.3) is 0 Å². The molecule has 0 aliphatic rings. The molecule has 3 heteroatoms. The van der Waals surface area contributed by atoms with Gasteiger partial charge in [-0.15, -0.1) is 0 Å². The van der Waals surface area contributed by atoms with Crippen molar-refractivity contribution < 1.29 is 9.53 Å². The van der Waals surface area contributed by atoms with Crippen LogP contribution in [-0.2, 0) is 4.74 Å². The third-order valence-electron chi connectivity index (χ3n) is 3.83. The van der Waals surface area contributed by atoms with Gasteiger partial charge in [0.05, 0.1) is 23.6 Å². The van der Waals surface area contributed by atoms with Gasteiger partial charge in [0.15, 0.2) is 0 Å². The van der Waals surface area contributed by atoms with Crippen molar-refractivity contribution in [1.82, 2.24) is 4.98 Å². The summed E-state index contributed by atoms with van der Waals surface area (Å²) >= 11 is 0. The number of benzene rings is 2. The first-order valence-corrected chi connectivity index (χ1v) is 8.00. The molecular formula is C21H19NO2. The molecule has 0 unspecified atom stereocenters. The Balaban J connectivity index is 2.21. The first kappa shape index (κ1) is 15.9. The number of carbonyl (C=O) groups excluding carboxylic acids is 1. The van der Waals surface area contributed by atoms with Gasteiger partial charge in [-0.05, 0) is 25.5 Å². The van der Waals surface area contributed by atoms with Crippen LogP contribution in [0.25, 0.3) is 22.4 Å². The number of esters is 1. The Morgan fingerprint density at radius 3 is 2.12 bits per heavy atom. The van der Waals surface area contributed by atoms with Crippen LogP contribution in [0.4, 0.5) is 0 Å². The minimum absolute atomic E-state index is 0.332. The highest BCUT2D eigenvalue weighted by Gasteiger charge is 2.19. The molecule has 0 fully saturated rings. The fourth-order valence-corrected chi connectivity index (χ4v) is 2.74. The molecule has 0 saturated carbocycles. The van der Waals surface area contributed by atoms with E-state index in [4.69, 9.17) is 4.74 Å². The molecule has 3 rings (SSSR count). The van der Waals surface area contributed by atoms with Crippen molar-refractivity contribution >= 4 is 5.97 Å². The summed E-state index contributed by atoms with van der Waals surface area (Å²) in [5, 5.41) is 0. The zero-order valence-electron chi connectivity index (χ0n) is 13.8. The van der Waals surface area contributed by atoms with E-state index in [9.17, 15) is 4.79 Å². The number of aryl methyl sites for hydroxylation is 1. The normalized spacial score (nSPS) is 10.4. The summed E-state index contributed by atoms with van der Waals surface area (Å²) in [5.41, 5.74) is 4.90. The first-order valence-electron chi connectivity index (χ1n) is 8.00. The van der Waals surface area contributed by atoms with Crippen LogP contribution >= 0.6 is 0 Å². The quantitative estimate of drug-likeness (QED) is 0.642. The second-order valence-electron chi connectivity index (χ2n) is 5.47. The summed E-state index contributed by atoms with van der Waals surface area (Å²) < 4.78 is 5.24. The molecule has 0 N–H and O–H groups in total. The van der Waals surface area contributed by atoms with Crippen molar-refractivity contribution in [3.05, 3.63) is 78.0 Å². The molecule has 0 amide bonds. The van der Waals surface area contributed by atoms with Crippen LogP contribution in [0.3, 0.4) is 0 Å². The molecule has 3 nitrogen and oxygen atoms in total. The maximum atomic E-state index is 12.4. The Morgan fingerprint density at radius 1 is 0.958 bits per heavy atom. The van der Waals surface area contributed by atoms with Gasteiger partial charge >= 0.3 is 5.97 Å². The van der Waals surface area contributed by atoms with Gasteiger partial charge in [-0.1, -0.05) is 60.7 Å². The minimum Gasteiger partial charge on any atom is -0.462 e. The van der Waals surface area contributed by atoms with E-state index in [1.165, 1.54) is 0 Å². The number of aromatic nitrogens is 1. The van der Waals surface area contributed by atoms with Crippen LogP contribution in [0.2, 0.25) is 0 Å². The van der Waals surface area contributed by atoms with Gasteiger partial charge in [-0.25, -0.2) is 4.79 Å². The third kappa shape index (κ3) is 3.20. The fraction of sp³-hybridized carbons (Fsp3) is 0.143. The van der Waals surface area contributed by atoms with Gasteiger partial charge in [0.2, 0.25) is 0 Å². The highest BCUT2D eigenvalue weighted by molar-refractivity contribution is 5.99. The molecule has 1 aromatic heterocycles. The molecular weight excluding hydrogens is 298 g/mol. The number of hydrogen-bond donors (Lipinski definition) is 0. The average Bonchev–Trinajstić information content (AvgIpc) is 2.62. The molecule has 2 aromatic carbocycles. The molecule has 0 radical (unpaired) electrons. The summed E-state index contributed by atoms with van der Waals surface area (Å²) in [7, 11) is 0. The molecule has 0 aliphatic carbocycles. The Morgan fingerprint density at radius 2 is 1.54 bits per heavy atom. The van der Waals surface area contributed by atoms with Crippen molar-refractivity contribution in [2.45, 2.75) is 13.8 Å². The number of ether oxygens (including phenoxy) is 1. The summed E-state index contributed by atoms with van der Waals surface area (Å²) in [6, 6.07) is 21.8. The lowest BCUT2D eigenvalue weighted by atomic mass is 9.96. The van der Waals surface area contributed by atoms with Crippen molar-refractivity contribution in [3.63, 3.8) is 0 Å². The number of hydrogen-bond acceptors (Lipinski definition) is 3. The zero-order valence-corrected chi connectivity index (χ0v) is 13.8. The molecule has 1 heterocycles. The predicted octanol–water partition coefficient (Wildman–Crippen LogP) is 4.90. The SMILES string of the molecule is CCOC(=O)c1c(-c2ccccc2)cc(-c2ccccc2)nc1C. The van der Waals surface area contributed by atoms with E-state index >= 15 is 0 Å². The molecule has 3 aromatic rings. The molecule has 0 spiro atoms. The Kier molecular flexibility index (Phi) is 4.71. The van der Waals surface area contributed by atoms with Crippen LogP contribution < -0.4 is 0 Å². The summed E-state index contributed by atoms with van der Waals surface area (Å²) in [6.07, 6.45) is 0. The van der Waals surface area contributed by atoms with E-state index < -0.39 is 0 Å². The van der Waals surface area contributed by atoms with Crippen LogP contribution in [0.5, 0.6) is 0 Å². The van der Waals surface area contributed by atoms with Crippen molar-refractivity contribution in [2.24, 2.45) is 0 Å². The lowest BCUT2D eigenvalue weighted by Crippen LogP contribution is -2.10. The summed E-state index contributed by atoms with van der Waals surface area (Å²) in [5.74, 6) is -0.332. The maximum Gasteiger partial charge on any atom is 0.340 e. The van der Waals surface area contributed by atoms with Gasteiger partial charge in [-0.2, -0.15) is 0 Å². The fourth-order valence-electron chi connectivity index (χ4n) is 2.74. The van der Waals surface area contributed by atoms with Gasteiger partial charge in [-0.3, -0.25) is 4.98 Å². The second-order valence-corrected chi connectivity index (χ2v) is 5.47. The van der Waals surface area contributed by atoms with Crippen LogP contribution in [0.15, 0.2) is 66.7 Å². The van der Waals surface area contributed by atoms with E-state index in [0.717, 1.165) is 22.4 Å². The smallest absolute Gasteiger partial charge is 0.340 e. The van der Waals surface area contributed by atoms with Crippen LogP contribution in [0, 0.1) is 6.92 Å². The van der Waals surface area contributed by atoms with E-state index in [0.29, 0.717) is 17.9 Å². The van der Waals surface area contributed by atoms with Gasteiger partial charge in [0, 0.05) is 11.1 Å². The maximum absolute atomic E-state index is 12.4. The van der Waals surface area contributed by atoms with Crippen LogP contribution in [-0.4, -0.2) is 17.6 Å². The van der Waals surface area contributed by atoms with Crippen molar-refractivity contribution in [2.75, 3.05) is 6.61 Å². The Bertz CT molecular complexity index is 842. The third-order valence-corrected chi connectivity index (χ3v) is 3.83. The molecule has 24 heavy (non-hydrogen) atoms. The van der Waals surface area contributed by atoms with Crippen LogP contribution in [0.1, 0.15) is 23.0 Å². The number of rotatable bonds is 4. The Labute approximate surface area is 142 Å². The number of pyridine rings is 1. The van der Waals surface area contributed by atoms with Gasteiger partial charge < -0.3 is 4.74 Å². The lowest BCUT2D eigenvalue weighted by Gasteiger charge is -2.14. The van der Waals surface area contributed by atoms with Crippen molar-refractivity contribution in [3.8, 4) is 22.4 Å². The molecule has 0 atom stereocenters. The molecule has 0 aliphatic heterocycles. The van der Waals surface area contributed by atoms with Gasteiger partial charge in [0.1, 0.15) is 0 Å². The van der Waals surface area contributed by atoms with E-state index in [1.807, 2.05) is 73.7 Å². The van der Waals surface area contributed by atoms with E-state index in [-0.39, 0.29) is 5.97 Å². The largest absolute Gasteiger partial charge is 0.462 e. The number of nitrogens with zero attached hydrogens (tertiary/aromatic N) is 1. The summed E-state index contributed by atoms with van der Waals surface area (Å²) in [6.45, 7) is 4.00. The van der Waals surface area contributed by atoms with Crippen molar-refractivity contribution in [1.29, 1.82) is 0 Å². The highest BCUT2D eigenvalue weighted by atomic mass is 16.5. The molecule has 0 bridgehead atoms. The van der Waals surface area contributed by atoms with E-state index in [2.05, 4.69) is 4.98 Å². The topological polar surface area (TPSA) is 39.2 Å². The minimum atomic E-state index is -0.332. The standard InChI is InChI=1S/C21H19NO2/c1-3-24-21(23)20-15(2)22-19(17-12-8-5-9-13-17)14-18(20)16-10-6-4-7-11-16/h4-14H,3H2,1-2H3.